The Morgan fingerprint density at radius 3 is 2.50 bits per heavy atom. The van der Waals surface area contributed by atoms with Crippen LogP contribution in [0.2, 0.25) is 0 Å². The number of hydrogen-bond donors (Lipinski definition) is 3. The Morgan fingerprint density at radius 2 is 1.76 bits per heavy atom. The number of ether oxygens (including phenoxy) is 2. The number of thioether (sulfide) groups is 1. The molecule has 1 saturated heterocycles. The molecule has 0 bridgehead atoms. The van der Waals surface area contributed by atoms with Crippen LogP contribution >= 0.6 is 11.8 Å². The second-order valence-electron chi connectivity index (χ2n) is 16.1. The first-order chi connectivity index (χ1) is 26.1. The minimum absolute atomic E-state index is 0.0723. The Morgan fingerprint density at radius 1 is 0.981 bits per heavy atom. The normalized spacial score (nSPS) is 26.9. The van der Waals surface area contributed by atoms with Crippen molar-refractivity contribution in [2.24, 2.45) is 29.6 Å². The van der Waals surface area contributed by atoms with E-state index < -0.39 is 24.4 Å². The molecule has 300 valence electrons. The number of rotatable bonds is 21. The van der Waals surface area contributed by atoms with E-state index in [0.717, 1.165) is 100 Å². The van der Waals surface area contributed by atoms with Crippen molar-refractivity contribution in [1.29, 1.82) is 0 Å². The summed E-state index contributed by atoms with van der Waals surface area (Å²) in [4.78, 5) is 63.8. The number of carbonyl (C=O) groups is 5. The van der Waals surface area contributed by atoms with E-state index in [-0.39, 0.29) is 65.3 Å². The highest BCUT2D eigenvalue weighted by Crippen LogP contribution is 2.50. The Bertz CT molecular complexity index is 1450. The zero-order valence-corrected chi connectivity index (χ0v) is 33.1. The van der Waals surface area contributed by atoms with Crippen molar-refractivity contribution in [3.05, 3.63) is 29.3 Å². The molecule has 2 unspecified atom stereocenters. The third-order valence-electron chi connectivity index (χ3n) is 12.3. The van der Waals surface area contributed by atoms with Crippen LogP contribution in [0.25, 0.3) is 0 Å². The highest BCUT2D eigenvalue weighted by Gasteiger charge is 2.48. The van der Waals surface area contributed by atoms with Gasteiger partial charge >= 0.3 is 11.9 Å². The summed E-state index contributed by atoms with van der Waals surface area (Å²) in [5, 5.41) is 22.9. The van der Waals surface area contributed by atoms with Gasteiger partial charge in [0, 0.05) is 20.0 Å². The first kappa shape index (κ1) is 42.0. The number of aliphatic hydroxyl groups excluding tert-OH is 1. The van der Waals surface area contributed by atoms with Gasteiger partial charge in [0.25, 0.3) is 0 Å². The van der Waals surface area contributed by atoms with E-state index in [1.54, 1.807) is 18.8 Å². The predicted octanol–water partition coefficient (Wildman–Crippen LogP) is 6.11. The molecule has 12 heteroatoms. The van der Waals surface area contributed by atoms with Gasteiger partial charge in [-0.3, -0.25) is 24.1 Å². The fraction of sp³-hybridized carbons (Fsp3) is 0.738. The van der Waals surface area contributed by atoms with Crippen LogP contribution in [0.1, 0.15) is 121 Å². The van der Waals surface area contributed by atoms with Crippen LogP contribution in [-0.4, -0.2) is 88.2 Å². The number of hydrogen-bond acceptors (Lipinski definition) is 9. The second-order valence-corrected chi connectivity index (χ2v) is 17.4. The number of nitrogens with one attached hydrogen (secondary N) is 1. The molecule has 3 amide bonds. The maximum Gasteiger partial charge on any atom is 0.341 e. The Balaban J connectivity index is 1.14. The number of aliphatic carboxylic acids is 1. The van der Waals surface area contributed by atoms with Crippen LogP contribution in [0.4, 0.5) is 0 Å². The Labute approximate surface area is 325 Å². The smallest absolute Gasteiger partial charge is 0.341 e. The van der Waals surface area contributed by atoms with Gasteiger partial charge in [-0.05, 0) is 105 Å². The van der Waals surface area contributed by atoms with Gasteiger partial charge in [0.1, 0.15) is 11.9 Å². The van der Waals surface area contributed by atoms with Crippen LogP contribution in [0.5, 0.6) is 5.75 Å². The summed E-state index contributed by atoms with van der Waals surface area (Å²) in [6.45, 7) is 2.31. The summed E-state index contributed by atoms with van der Waals surface area (Å²) in [6.07, 6.45) is 14.0. The number of carbonyl (C=O) groups excluding carboxylic acids is 4. The van der Waals surface area contributed by atoms with Crippen LogP contribution in [0, 0.1) is 29.6 Å². The molecular weight excluding hydrogens is 709 g/mol. The molecule has 3 aliphatic carbocycles. The molecule has 54 heavy (non-hydrogen) atoms. The van der Waals surface area contributed by atoms with Crippen molar-refractivity contribution >= 4 is 41.4 Å². The van der Waals surface area contributed by atoms with Gasteiger partial charge in [-0.25, -0.2) is 4.79 Å². The van der Waals surface area contributed by atoms with E-state index in [1.165, 1.54) is 4.90 Å². The molecule has 1 aromatic rings. The van der Waals surface area contributed by atoms with Crippen molar-refractivity contribution in [1.82, 2.24) is 10.2 Å². The average Bonchev–Trinajstić information content (AvgIpc) is 3.62. The topological polar surface area (TPSA) is 160 Å². The Hall–Kier alpha value is -3.12. The minimum Gasteiger partial charge on any atom is -0.482 e. The molecule has 1 aromatic carbocycles. The summed E-state index contributed by atoms with van der Waals surface area (Å²) in [6, 6.07) is 5.83. The van der Waals surface area contributed by atoms with Gasteiger partial charge in [-0.2, -0.15) is 0 Å². The zero-order chi connectivity index (χ0) is 38.6. The number of esters is 1. The molecule has 0 spiro atoms. The molecule has 3 N–H and O–H groups in total. The van der Waals surface area contributed by atoms with Crippen molar-refractivity contribution in [2.45, 2.75) is 140 Å². The molecule has 1 heterocycles. The van der Waals surface area contributed by atoms with Gasteiger partial charge in [0.05, 0.1) is 23.2 Å². The van der Waals surface area contributed by atoms with E-state index in [0.29, 0.717) is 38.0 Å². The molecule has 0 radical (unpaired) electrons. The number of unbranched alkanes of at least 4 members (excludes halogenated alkanes) is 5. The van der Waals surface area contributed by atoms with Gasteiger partial charge in [-0.15, -0.1) is 11.8 Å². The number of fused-ring (bicyclic) bond motifs is 2. The number of amides is 3. The lowest BCUT2D eigenvalue weighted by atomic mass is 9.73. The maximum absolute atomic E-state index is 14.0. The molecule has 3 fully saturated rings. The third-order valence-corrected chi connectivity index (χ3v) is 13.6. The standard InChI is InChI=1S/C42H62N2O9S/c1-3-4-7-14-29(45)18-19-30-33-22-27-13-12-17-35(52-26-39(47)48)34(27)23-28(33)24-36(30)53-42(51)32-16-9-8-15-31(32)40(49)43-20-10-5-6-11-21-54-37-25-38(46)44(2)41(37)50/h12-13,17,28-33,36-37,45H,3-11,14-16,18-26H2,1-2H3,(H,43,49)(H,47,48)/t28-,29-,30+,31-,32?,33-,36+,37?/m0/s1. The molecule has 4 aliphatic rings. The first-order valence-corrected chi connectivity index (χ1v) is 21.7. The molecule has 2 saturated carbocycles. The molecule has 1 aliphatic heterocycles. The number of imide groups is 1. The fourth-order valence-corrected chi connectivity index (χ4v) is 10.5. The highest BCUT2D eigenvalue weighted by molar-refractivity contribution is 8.00. The number of carboxylic acids is 1. The number of aliphatic hydroxyl groups is 1. The van der Waals surface area contributed by atoms with Crippen LogP contribution < -0.4 is 10.1 Å². The summed E-state index contributed by atoms with van der Waals surface area (Å²) >= 11 is 1.55. The van der Waals surface area contributed by atoms with E-state index in [2.05, 4.69) is 18.3 Å². The summed E-state index contributed by atoms with van der Waals surface area (Å²) in [5.41, 5.74) is 2.19. The van der Waals surface area contributed by atoms with Crippen LogP contribution in [0.15, 0.2) is 18.2 Å². The molecule has 11 nitrogen and oxygen atoms in total. The van der Waals surface area contributed by atoms with Gasteiger partial charge in [-0.1, -0.05) is 64.0 Å². The lowest BCUT2D eigenvalue weighted by molar-refractivity contribution is -0.162. The number of nitrogens with zero attached hydrogens (tertiary/aromatic N) is 1. The van der Waals surface area contributed by atoms with Crippen molar-refractivity contribution in [2.75, 3.05) is 26.0 Å². The molecule has 8 atom stereocenters. The monoisotopic (exact) mass is 770 g/mol. The fourth-order valence-electron chi connectivity index (χ4n) is 9.31. The van der Waals surface area contributed by atoms with Crippen molar-refractivity contribution in [3.8, 4) is 5.75 Å². The first-order valence-electron chi connectivity index (χ1n) is 20.6. The minimum atomic E-state index is -1.02. The lowest BCUT2D eigenvalue weighted by Crippen LogP contribution is -2.42. The highest BCUT2D eigenvalue weighted by atomic mass is 32.2. The number of likely N-dealkylation sites (tertiary alicyclic amines) is 1. The lowest BCUT2D eigenvalue weighted by Gasteiger charge is -2.33. The average molecular weight is 771 g/mol. The van der Waals surface area contributed by atoms with E-state index >= 15 is 0 Å². The number of benzene rings is 1. The molecule has 5 rings (SSSR count). The van der Waals surface area contributed by atoms with Crippen molar-refractivity contribution in [3.63, 3.8) is 0 Å². The number of carboxylic acid groups (broad SMARTS) is 1. The zero-order valence-electron chi connectivity index (χ0n) is 32.3. The van der Waals surface area contributed by atoms with Gasteiger partial charge in [0.15, 0.2) is 6.61 Å². The van der Waals surface area contributed by atoms with Gasteiger partial charge < -0.3 is 25.0 Å². The van der Waals surface area contributed by atoms with Crippen LogP contribution in [0.3, 0.4) is 0 Å². The third kappa shape index (κ3) is 11.2. The SMILES string of the molecule is CCCCC[C@H](O)CC[C@@H]1[C@H]2Cc3cccc(OCC(=O)O)c3C[C@H]2C[C@H]1OC(=O)C1CCCC[C@@H]1C(=O)NCCCCCCSC1CC(=O)N(C)C1=O. The molecular formula is C42H62N2O9S. The van der Waals surface area contributed by atoms with E-state index in [1.807, 2.05) is 12.1 Å². The summed E-state index contributed by atoms with van der Waals surface area (Å²) in [5.74, 6) is -0.423. The quantitative estimate of drug-likeness (QED) is 0.0757. The van der Waals surface area contributed by atoms with Crippen molar-refractivity contribution < 1.29 is 43.7 Å². The predicted molar refractivity (Wildman–Crippen MR) is 207 cm³/mol. The maximum atomic E-state index is 14.0. The largest absolute Gasteiger partial charge is 0.482 e. The second kappa shape index (κ2) is 20.7. The molecule has 0 aromatic heterocycles. The van der Waals surface area contributed by atoms with E-state index in [9.17, 15) is 34.2 Å². The Kier molecular flexibility index (Phi) is 16.1. The summed E-state index contributed by atoms with van der Waals surface area (Å²) in [7, 11) is 1.54. The van der Waals surface area contributed by atoms with E-state index in [4.69, 9.17) is 9.47 Å². The van der Waals surface area contributed by atoms with Crippen LogP contribution in [-0.2, 0) is 41.6 Å². The van der Waals surface area contributed by atoms with Gasteiger partial charge in [0.2, 0.25) is 17.7 Å². The summed E-state index contributed by atoms with van der Waals surface area (Å²) < 4.78 is 12.1.